The van der Waals surface area contributed by atoms with E-state index >= 15 is 0 Å². The van der Waals surface area contributed by atoms with Crippen molar-refractivity contribution in [2.45, 2.75) is 33.2 Å². The molecule has 2 aromatic carbocycles. The summed E-state index contributed by atoms with van der Waals surface area (Å²) in [5.74, 6) is 2.20. The number of anilines is 1. The highest BCUT2D eigenvalue weighted by atomic mass is 16.5. The molecule has 0 aliphatic carbocycles. The second-order valence-corrected chi connectivity index (χ2v) is 7.29. The van der Waals surface area contributed by atoms with Gasteiger partial charge >= 0.3 is 0 Å². The Morgan fingerprint density at radius 2 is 1.81 bits per heavy atom. The van der Waals surface area contributed by atoms with Crippen molar-refractivity contribution < 1.29 is 14.3 Å². The van der Waals surface area contributed by atoms with E-state index in [1.54, 1.807) is 21.3 Å². The van der Waals surface area contributed by atoms with Crippen molar-refractivity contribution >= 4 is 17.6 Å². The minimum Gasteiger partial charge on any atom is -0.493 e. The van der Waals surface area contributed by atoms with Gasteiger partial charge in [0.15, 0.2) is 17.5 Å². The summed E-state index contributed by atoms with van der Waals surface area (Å²) in [5.41, 5.74) is 3.01. The van der Waals surface area contributed by atoms with Gasteiger partial charge in [-0.25, -0.2) is 0 Å². The van der Waals surface area contributed by atoms with Crippen molar-refractivity contribution in [3.05, 3.63) is 53.6 Å². The molecule has 1 atom stereocenters. The molecule has 2 aromatic rings. The van der Waals surface area contributed by atoms with E-state index in [0.717, 1.165) is 53.7 Å². The van der Waals surface area contributed by atoms with Gasteiger partial charge in [0.1, 0.15) is 0 Å². The number of rotatable bonds is 10. The first-order valence-corrected chi connectivity index (χ1v) is 10.6. The highest BCUT2D eigenvalue weighted by Crippen LogP contribution is 2.27. The number of hydrogen-bond donors (Lipinski definition) is 3. The van der Waals surface area contributed by atoms with Crippen LogP contribution in [0.4, 0.5) is 5.69 Å². The summed E-state index contributed by atoms with van der Waals surface area (Å²) in [5, 5.41) is 9.60. The number of guanidine groups is 1. The summed E-state index contributed by atoms with van der Waals surface area (Å²) >= 11 is 0. The Kier molecular flexibility index (Phi) is 9.68. The van der Waals surface area contributed by atoms with E-state index in [1.165, 1.54) is 0 Å². The number of hydrogen-bond acceptors (Lipinski definition) is 4. The number of ether oxygens (including phenoxy) is 2. The molecule has 1 amide bonds. The van der Waals surface area contributed by atoms with Crippen molar-refractivity contribution in [1.82, 2.24) is 10.6 Å². The molecule has 0 heterocycles. The summed E-state index contributed by atoms with van der Waals surface area (Å²) in [4.78, 5) is 16.4. The zero-order valence-corrected chi connectivity index (χ0v) is 19.1. The maximum Gasteiger partial charge on any atom is 0.227 e. The first-order chi connectivity index (χ1) is 15.0. The molecular formula is C24H34N4O3. The van der Waals surface area contributed by atoms with Crippen LogP contribution in [0.25, 0.3) is 0 Å². The molecule has 0 aliphatic rings. The van der Waals surface area contributed by atoms with Crippen molar-refractivity contribution in [3.8, 4) is 11.5 Å². The molecule has 2 rings (SSSR count). The summed E-state index contributed by atoms with van der Waals surface area (Å²) in [7, 11) is 5.01. The molecule has 31 heavy (non-hydrogen) atoms. The van der Waals surface area contributed by atoms with Crippen LogP contribution in [-0.2, 0) is 17.8 Å². The van der Waals surface area contributed by atoms with Gasteiger partial charge in [-0.05, 0) is 48.2 Å². The largest absolute Gasteiger partial charge is 0.493 e. The predicted molar refractivity (Wildman–Crippen MR) is 126 cm³/mol. The van der Waals surface area contributed by atoms with Crippen molar-refractivity contribution in [1.29, 1.82) is 0 Å². The maximum absolute atomic E-state index is 12.1. The molecule has 1 unspecified atom stereocenters. The quantitative estimate of drug-likeness (QED) is 0.399. The third-order valence-electron chi connectivity index (χ3n) is 5.09. The number of nitrogens with zero attached hydrogens (tertiary/aromatic N) is 1. The first kappa shape index (κ1) is 24.1. The van der Waals surface area contributed by atoms with Gasteiger partial charge in [-0.1, -0.05) is 32.0 Å². The van der Waals surface area contributed by atoms with E-state index in [4.69, 9.17) is 9.47 Å². The Morgan fingerprint density at radius 1 is 1.03 bits per heavy atom. The smallest absolute Gasteiger partial charge is 0.227 e. The minimum absolute atomic E-state index is 0.00419. The fraction of sp³-hybridized carbons (Fsp3) is 0.417. The van der Waals surface area contributed by atoms with Crippen molar-refractivity contribution in [3.63, 3.8) is 0 Å². The van der Waals surface area contributed by atoms with Crippen LogP contribution in [0.15, 0.2) is 47.5 Å². The normalized spacial score (nSPS) is 12.1. The highest BCUT2D eigenvalue weighted by Gasteiger charge is 2.10. The Morgan fingerprint density at radius 3 is 2.48 bits per heavy atom. The van der Waals surface area contributed by atoms with Crippen molar-refractivity contribution in [2.75, 3.05) is 33.1 Å². The van der Waals surface area contributed by atoms with E-state index in [9.17, 15) is 4.79 Å². The number of methoxy groups -OCH3 is 2. The van der Waals surface area contributed by atoms with E-state index < -0.39 is 0 Å². The molecule has 7 heteroatoms. The molecule has 3 N–H and O–H groups in total. The molecule has 168 valence electrons. The van der Waals surface area contributed by atoms with Crippen LogP contribution in [0, 0.1) is 5.92 Å². The SMILES string of the molecule is CCC(C)C(=O)Nc1cccc(CNC(=NC)NCCc2ccc(OC)c(OC)c2)c1. The molecule has 0 aromatic heterocycles. The molecule has 0 radical (unpaired) electrons. The van der Waals surface area contributed by atoms with Crippen LogP contribution >= 0.6 is 0 Å². The topological polar surface area (TPSA) is 84.0 Å². The lowest BCUT2D eigenvalue weighted by molar-refractivity contribution is -0.119. The molecule has 0 saturated carbocycles. The number of carbonyl (C=O) groups is 1. The van der Waals surface area contributed by atoms with Gasteiger partial charge in [-0.2, -0.15) is 0 Å². The summed E-state index contributed by atoms with van der Waals surface area (Å²) < 4.78 is 10.6. The molecule has 0 saturated heterocycles. The average Bonchev–Trinajstić information content (AvgIpc) is 2.80. The molecule has 0 aliphatic heterocycles. The van der Waals surface area contributed by atoms with Gasteiger partial charge in [0, 0.05) is 31.7 Å². The molecular weight excluding hydrogens is 392 g/mol. The average molecular weight is 427 g/mol. The predicted octanol–water partition coefficient (Wildman–Crippen LogP) is 3.60. The second-order valence-electron chi connectivity index (χ2n) is 7.29. The zero-order chi connectivity index (χ0) is 22.6. The van der Waals surface area contributed by atoms with Gasteiger partial charge in [0.25, 0.3) is 0 Å². The van der Waals surface area contributed by atoms with Gasteiger partial charge in [0.05, 0.1) is 14.2 Å². The highest BCUT2D eigenvalue weighted by molar-refractivity contribution is 5.92. The van der Waals surface area contributed by atoms with E-state index in [1.807, 2.05) is 56.3 Å². The van der Waals surface area contributed by atoms with Crippen LogP contribution in [0.1, 0.15) is 31.4 Å². The summed E-state index contributed by atoms with van der Waals surface area (Å²) in [6.07, 6.45) is 1.64. The lowest BCUT2D eigenvalue weighted by atomic mass is 10.1. The number of benzene rings is 2. The fourth-order valence-electron chi connectivity index (χ4n) is 2.98. The number of aliphatic imine (C=N–C) groups is 1. The van der Waals surface area contributed by atoms with Gasteiger partial charge in [-0.3, -0.25) is 9.79 Å². The number of nitrogens with one attached hydrogen (secondary N) is 3. The third-order valence-corrected chi connectivity index (χ3v) is 5.09. The monoisotopic (exact) mass is 426 g/mol. The van der Waals surface area contributed by atoms with Crippen LogP contribution in [0.5, 0.6) is 11.5 Å². The number of amides is 1. The van der Waals surface area contributed by atoms with Gasteiger partial charge in [-0.15, -0.1) is 0 Å². The second kappa shape index (κ2) is 12.5. The molecule has 0 spiro atoms. The van der Waals surface area contributed by atoms with Crippen LogP contribution in [0.3, 0.4) is 0 Å². The summed E-state index contributed by atoms with van der Waals surface area (Å²) in [6.45, 7) is 5.26. The molecule has 0 bridgehead atoms. The van der Waals surface area contributed by atoms with E-state index in [-0.39, 0.29) is 11.8 Å². The summed E-state index contributed by atoms with van der Waals surface area (Å²) in [6, 6.07) is 13.8. The number of carbonyl (C=O) groups excluding carboxylic acids is 1. The third kappa shape index (κ3) is 7.51. The first-order valence-electron chi connectivity index (χ1n) is 10.6. The lowest BCUT2D eigenvalue weighted by Crippen LogP contribution is -2.37. The Balaban J connectivity index is 1.85. The van der Waals surface area contributed by atoms with Crippen LogP contribution < -0.4 is 25.4 Å². The minimum atomic E-state index is -0.00419. The molecule has 7 nitrogen and oxygen atoms in total. The van der Waals surface area contributed by atoms with Gasteiger partial charge in [0.2, 0.25) is 5.91 Å². The zero-order valence-electron chi connectivity index (χ0n) is 19.1. The van der Waals surface area contributed by atoms with E-state index in [2.05, 4.69) is 20.9 Å². The lowest BCUT2D eigenvalue weighted by Gasteiger charge is -2.14. The van der Waals surface area contributed by atoms with Crippen LogP contribution in [0.2, 0.25) is 0 Å². The Hall–Kier alpha value is -3.22. The standard InChI is InChI=1S/C24H34N4O3/c1-6-17(2)23(29)28-20-9-7-8-19(14-20)16-27-24(25-3)26-13-12-18-10-11-21(30-4)22(15-18)31-5/h7-11,14-15,17H,6,12-13,16H2,1-5H3,(H,28,29)(H2,25,26,27). The maximum atomic E-state index is 12.1. The van der Waals surface area contributed by atoms with Crippen LogP contribution in [-0.4, -0.2) is 39.7 Å². The van der Waals surface area contributed by atoms with Crippen molar-refractivity contribution in [2.24, 2.45) is 10.9 Å². The van der Waals surface area contributed by atoms with Gasteiger partial charge < -0.3 is 25.4 Å². The molecule has 0 fully saturated rings. The Labute approximate surface area is 185 Å². The fourth-order valence-corrected chi connectivity index (χ4v) is 2.98. The van der Waals surface area contributed by atoms with E-state index in [0.29, 0.717) is 6.54 Å². The Bertz CT molecular complexity index is 883.